The van der Waals surface area contributed by atoms with E-state index in [0.717, 1.165) is 26.5 Å². The van der Waals surface area contributed by atoms with Gasteiger partial charge in [0.05, 0.1) is 5.52 Å². The summed E-state index contributed by atoms with van der Waals surface area (Å²) in [5, 5.41) is 0.843. The molecule has 3 aromatic rings. The maximum absolute atomic E-state index is 12.8. The van der Waals surface area contributed by atoms with Gasteiger partial charge in [-0.15, -0.1) is 0 Å². The van der Waals surface area contributed by atoms with E-state index >= 15 is 0 Å². The minimum atomic E-state index is -0.0741. The lowest BCUT2D eigenvalue weighted by molar-refractivity contribution is 0.103. The van der Waals surface area contributed by atoms with Crippen molar-refractivity contribution in [1.29, 1.82) is 0 Å². The molecule has 0 saturated heterocycles. The quantitative estimate of drug-likeness (QED) is 0.456. The summed E-state index contributed by atoms with van der Waals surface area (Å²) in [6.07, 6.45) is 0. The van der Waals surface area contributed by atoms with Gasteiger partial charge in [0.1, 0.15) is 0 Å². The summed E-state index contributed by atoms with van der Waals surface area (Å²) in [6.45, 7) is 4.00. The number of hydrogen-bond acceptors (Lipinski definition) is 2. The van der Waals surface area contributed by atoms with E-state index in [9.17, 15) is 9.59 Å². The number of aromatic nitrogens is 1. The van der Waals surface area contributed by atoms with Crippen LogP contribution in [0.4, 0.5) is 0 Å². The fourth-order valence-electron chi connectivity index (χ4n) is 3.01. The second-order valence-electron chi connectivity index (χ2n) is 5.15. The van der Waals surface area contributed by atoms with E-state index in [1.54, 1.807) is 17.7 Å². The van der Waals surface area contributed by atoms with Crippen LogP contribution in [-0.2, 0) is 7.05 Å². The first-order valence-corrected chi connectivity index (χ1v) is 8.35. The molecule has 0 unspecified atom stereocenters. The molecule has 0 radical (unpaired) electrons. The Labute approximate surface area is 142 Å². The minimum Gasteiger partial charge on any atom is -0.311 e. The molecule has 1 aliphatic rings. The maximum atomic E-state index is 12.8. The van der Waals surface area contributed by atoms with Gasteiger partial charge in [0.2, 0.25) is 0 Å². The molecule has 1 aromatic heterocycles. The Morgan fingerprint density at radius 2 is 1.57 bits per heavy atom. The minimum absolute atomic E-state index is 0.00535. The van der Waals surface area contributed by atoms with Crippen molar-refractivity contribution in [3.8, 4) is 11.1 Å². The molecule has 116 valence electrons. The van der Waals surface area contributed by atoms with Crippen molar-refractivity contribution in [2.24, 2.45) is 7.05 Å². The van der Waals surface area contributed by atoms with Gasteiger partial charge in [0.15, 0.2) is 5.78 Å². The molecule has 1 aliphatic carbocycles. The molecule has 4 heteroatoms. The molecular formula is C19H16BrNO2. The number of nitrogens with zero attached hydrogens (tertiary/aromatic N) is 1. The lowest BCUT2D eigenvalue weighted by Crippen LogP contribution is -2.20. The summed E-state index contributed by atoms with van der Waals surface area (Å²) in [5.41, 5.74) is 3.65. The predicted octanol–water partition coefficient (Wildman–Crippen LogP) is 4.54. The van der Waals surface area contributed by atoms with Crippen LogP contribution in [0.3, 0.4) is 0 Å². The van der Waals surface area contributed by atoms with Crippen LogP contribution >= 0.6 is 15.9 Å². The molecule has 0 saturated carbocycles. The van der Waals surface area contributed by atoms with E-state index in [-0.39, 0.29) is 11.3 Å². The average molecular weight is 370 g/mol. The zero-order chi connectivity index (χ0) is 16.7. The highest BCUT2D eigenvalue weighted by molar-refractivity contribution is 9.10. The van der Waals surface area contributed by atoms with Crippen LogP contribution in [0.25, 0.3) is 22.0 Å². The van der Waals surface area contributed by atoms with E-state index in [1.165, 1.54) is 0 Å². The van der Waals surface area contributed by atoms with Gasteiger partial charge in [0, 0.05) is 34.1 Å². The Morgan fingerprint density at radius 3 is 2.26 bits per heavy atom. The van der Waals surface area contributed by atoms with Crippen molar-refractivity contribution >= 4 is 32.6 Å². The van der Waals surface area contributed by atoms with Crippen molar-refractivity contribution in [3.63, 3.8) is 0 Å². The summed E-state index contributed by atoms with van der Waals surface area (Å²) in [4.78, 5) is 25.0. The summed E-state index contributed by atoms with van der Waals surface area (Å²) in [6, 6.07) is 12.7. The number of carbonyl (C=O) groups is 1. The fourth-order valence-corrected chi connectivity index (χ4v) is 3.53. The molecule has 0 amide bonds. The first-order valence-electron chi connectivity index (χ1n) is 7.56. The molecule has 2 aromatic carbocycles. The second kappa shape index (κ2) is 5.78. The van der Waals surface area contributed by atoms with Gasteiger partial charge in [0.25, 0.3) is 5.56 Å². The molecule has 0 spiro atoms. The van der Waals surface area contributed by atoms with Crippen molar-refractivity contribution < 1.29 is 4.79 Å². The molecule has 0 aliphatic heterocycles. The number of halogens is 1. The van der Waals surface area contributed by atoms with Gasteiger partial charge in [-0.25, -0.2) is 0 Å². The van der Waals surface area contributed by atoms with Gasteiger partial charge < -0.3 is 4.57 Å². The lowest BCUT2D eigenvalue weighted by atomic mass is 9.84. The Morgan fingerprint density at radius 1 is 0.913 bits per heavy atom. The number of hydrogen-bond donors (Lipinski definition) is 0. The van der Waals surface area contributed by atoms with Gasteiger partial charge in [-0.05, 0) is 23.3 Å². The third kappa shape index (κ3) is 2.17. The Kier molecular flexibility index (Phi) is 3.94. The highest BCUT2D eigenvalue weighted by Gasteiger charge is 2.27. The number of aryl methyl sites for hydroxylation is 1. The van der Waals surface area contributed by atoms with Crippen molar-refractivity contribution in [1.82, 2.24) is 4.57 Å². The number of benzene rings is 2. The van der Waals surface area contributed by atoms with E-state index in [2.05, 4.69) is 15.9 Å². The van der Waals surface area contributed by atoms with Gasteiger partial charge in [-0.3, -0.25) is 9.59 Å². The monoisotopic (exact) mass is 369 g/mol. The number of ketones is 1. The zero-order valence-corrected chi connectivity index (χ0v) is 14.8. The predicted molar refractivity (Wildman–Crippen MR) is 97.1 cm³/mol. The van der Waals surface area contributed by atoms with E-state index in [4.69, 9.17) is 0 Å². The molecule has 0 fully saturated rings. The number of pyridine rings is 1. The first kappa shape index (κ1) is 15.7. The summed E-state index contributed by atoms with van der Waals surface area (Å²) < 4.78 is 2.34. The number of carbonyl (C=O) groups excluding carboxylic acids is 1. The largest absolute Gasteiger partial charge is 0.311 e. The zero-order valence-electron chi connectivity index (χ0n) is 13.2. The first-order chi connectivity index (χ1) is 11.1. The third-order valence-electron chi connectivity index (χ3n) is 4.05. The van der Waals surface area contributed by atoms with Crippen molar-refractivity contribution in [2.75, 3.05) is 0 Å². The highest BCUT2D eigenvalue weighted by Crippen LogP contribution is 2.40. The third-order valence-corrected chi connectivity index (χ3v) is 4.71. The van der Waals surface area contributed by atoms with Crippen LogP contribution < -0.4 is 5.56 Å². The highest BCUT2D eigenvalue weighted by atomic mass is 79.9. The second-order valence-corrected chi connectivity index (χ2v) is 6.00. The fraction of sp³-hybridized carbons (Fsp3) is 0.158. The molecule has 0 N–H and O–H groups in total. The van der Waals surface area contributed by atoms with Gasteiger partial charge in [-0.1, -0.05) is 54.0 Å². The molecule has 0 bridgehead atoms. The van der Waals surface area contributed by atoms with Crippen LogP contribution in [0.5, 0.6) is 0 Å². The Bertz CT molecular complexity index is 1000. The SMILES string of the molecule is CC.Cn1c(=O)cc2c3c(c(Br)ccc31)C(=O)c1ccccc1-2. The van der Waals surface area contributed by atoms with E-state index in [1.807, 2.05) is 50.2 Å². The molecule has 3 nitrogen and oxygen atoms in total. The maximum Gasteiger partial charge on any atom is 0.251 e. The molecule has 23 heavy (non-hydrogen) atoms. The van der Waals surface area contributed by atoms with Crippen LogP contribution in [0, 0.1) is 0 Å². The van der Waals surface area contributed by atoms with Crippen LogP contribution in [-0.4, -0.2) is 10.4 Å². The summed E-state index contributed by atoms with van der Waals surface area (Å²) in [7, 11) is 1.73. The van der Waals surface area contributed by atoms with Crippen LogP contribution in [0.1, 0.15) is 29.8 Å². The van der Waals surface area contributed by atoms with Crippen molar-refractivity contribution in [3.05, 3.63) is 68.4 Å². The smallest absolute Gasteiger partial charge is 0.251 e. The number of fused-ring (bicyclic) bond motifs is 2. The summed E-state index contributed by atoms with van der Waals surface area (Å²) in [5.74, 6) is -0.00535. The molecule has 1 heterocycles. The molecular weight excluding hydrogens is 354 g/mol. The Hall–Kier alpha value is -2.20. The van der Waals surface area contributed by atoms with Gasteiger partial charge >= 0.3 is 0 Å². The van der Waals surface area contributed by atoms with Gasteiger partial charge in [-0.2, -0.15) is 0 Å². The van der Waals surface area contributed by atoms with Crippen molar-refractivity contribution in [2.45, 2.75) is 13.8 Å². The summed E-state index contributed by atoms with van der Waals surface area (Å²) >= 11 is 3.47. The lowest BCUT2D eigenvalue weighted by Gasteiger charge is -2.21. The van der Waals surface area contributed by atoms with Crippen LogP contribution in [0.15, 0.2) is 51.7 Å². The normalized spacial score (nSPS) is 11.7. The Balaban J connectivity index is 0.000000753. The molecule has 0 atom stereocenters. The average Bonchev–Trinajstić information content (AvgIpc) is 2.58. The van der Waals surface area contributed by atoms with E-state index < -0.39 is 0 Å². The number of rotatable bonds is 0. The standard InChI is InChI=1S/C17H10BrNO2.C2H6/c1-19-13-7-6-12(18)16-15(13)11(8-14(19)20)9-4-2-3-5-10(9)17(16)21;1-2/h2-8H,1H3;1-2H3. The van der Waals surface area contributed by atoms with E-state index in [0.29, 0.717) is 11.1 Å². The topological polar surface area (TPSA) is 39.1 Å². The molecule has 4 rings (SSSR count). The van der Waals surface area contributed by atoms with Crippen LogP contribution in [0.2, 0.25) is 0 Å².